The van der Waals surface area contributed by atoms with E-state index in [0.717, 1.165) is 25.7 Å². The molecular formula is C18H37CaNO3. The van der Waals surface area contributed by atoms with Crippen LogP contribution in [-0.4, -0.2) is 60.8 Å². The fourth-order valence-electron chi connectivity index (χ4n) is 2.53. The Morgan fingerprint density at radius 3 is 1.83 bits per heavy atom. The van der Waals surface area contributed by atoms with E-state index in [0.29, 0.717) is 12.8 Å². The van der Waals surface area contributed by atoms with Gasteiger partial charge in [-0.15, -0.1) is 0 Å². The third kappa shape index (κ3) is 16.8. The molecule has 23 heavy (non-hydrogen) atoms. The van der Waals surface area contributed by atoms with Gasteiger partial charge in [0, 0.05) is 6.42 Å². The molecule has 0 rings (SSSR count). The van der Waals surface area contributed by atoms with Crippen LogP contribution in [0.4, 0.5) is 0 Å². The monoisotopic (exact) mass is 355 g/mol. The third-order valence-electron chi connectivity index (χ3n) is 3.99. The quantitative estimate of drug-likeness (QED) is 0.335. The number of rotatable bonds is 15. The van der Waals surface area contributed by atoms with Crippen molar-refractivity contribution in [3.8, 4) is 0 Å². The van der Waals surface area contributed by atoms with Gasteiger partial charge in [-0.1, -0.05) is 78.1 Å². The van der Waals surface area contributed by atoms with Crippen LogP contribution in [0.25, 0.3) is 0 Å². The topological polar surface area (TPSA) is 66.4 Å². The van der Waals surface area contributed by atoms with E-state index in [9.17, 15) is 9.59 Å². The van der Waals surface area contributed by atoms with E-state index < -0.39 is 12.0 Å². The van der Waals surface area contributed by atoms with Gasteiger partial charge in [-0.3, -0.25) is 4.79 Å². The van der Waals surface area contributed by atoms with Gasteiger partial charge in [-0.25, -0.2) is 4.79 Å². The average molecular weight is 356 g/mol. The maximum absolute atomic E-state index is 11.8. The first kappa shape index (κ1) is 25.4. The van der Waals surface area contributed by atoms with E-state index in [1.54, 1.807) is 0 Å². The van der Waals surface area contributed by atoms with Crippen LogP contribution < -0.4 is 5.32 Å². The molecule has 0 heterocycles. The van der Waals surface area contributed by atoms with Crippen LogP contribution in [0.2, 0.25) is 0 Å². The van der Waals surface area contributed by atoms with Crippen LogP contribution >= 0.6 is 0 Å². The number of hydrogen-bond donors (Lipinski definition) is 2. The SMILES string of the molecule is CCCCCCCCCCCC(=O)NC(CCCC)C(=O)O.[Ca+2].[H-].[H-]. The number of carboxylic acids is 1. The zero-order valence-electron chi connectivity index (χ0n) is 17.2. The Hall–Kier alpha value is 0.200. The van der Waals surface area contributed by atoms with E-state index in [1.165, 1.54) is 44.9 Å². The summed E-state index contributed by atoms with van der Waals surface area (Å²) in [5.41, 5.74) is 0. The van der Waals surface area contributed by atoms with E-state index in [1.807, 2.05) is 6.92 Å². The Balaban J connectivity index is -0.000000735. The summed E-state index contributed by atoms with van der Waals surface area (Å²) >= 11 is 0. The summed E-state index contributed by atoms with van der Waals surface area (Å²) in [6.45, 7) is 4.24. The summed E-state index contributed by atoms with van der Waals surface area (Å²) in [7, 11) is 0. The van der Waals surface area contributed by atoms with E-state index in [-0.39, 0.29) is 46.5 Å². The molecule has 0 aromatic rings. The number of unbranched alkanes of at least 4 members (excludes halogenated alkanes) is 9. The Bertz CT molecular complexity index is 308. The second-order valence-electron chi connectivity index (χ2n) is 6.18. The standard InChI is InChI=1S/C18H35NO3.Ca.2H/c1-3-5-7-8-9-10-11-12-13-15-17(20)19-16(18(21)22)14-6-4-2;;;/h16H,3-15H2,1-2H3,(H,19,20)(H,21,22);;;/q;+2;2*-1. The summed E-state index contributed by atoms with van der Waals surface area (Å²) in [5, 5.41) is 11.7. The molecule has 5 heteroatoms. The molecule has 0 spiro atoms. The Kier molecular flexibility index (Phi) is 20.5. The van der Waals surface area contributed by atoms with Crippen LogP contribution in [0.5, 0.6) is 0 Å². The summed E-state index contributed by atoms with van der Waals surface area (Å²) in [5.74, 6) is -1.04. The predicted octanol–water partition coefficient (Wildman–Crippen LogP) is 4.51. The fourth-order valence-corrected chi connectivity index (χ4v) is 2.53. The Labute approximate surface area is 175 Å². The molecule has 1 atom stereocenters. The molecule has 134 valence electrons. The van der Waals surface area contributed by atoms with Gasteiger partial charge < -0.3 is 13.3 Å². The van der Waals surface area contributed by atoms with Gasteiger partial charge in [-0.2, -0.15) is 0 Å². The number of carbonyl (C=O) groups is 2. The van der Waals surface area contributed by atoms with Crippen molar-refractivity contribution in [3.63, 3.8) is 0 Å². The maximum atomic E-state index is 11.8. The number of carbonyl (C=O) groups excluding carboxylic acids is 1. The first-order valence-electron chi connectivity index (χ1n) is 9.14. The first-order valence-corrected chi connectivity index (χ1v) is 9.14. The predicted molar refractivity (Wildman–Crippen MR) is 98.9 cm³/mol. The molecule has 0 aliphatic carbocycles. The molecule has 1 unspecified atom stereocenters. The van der Waals surface area contributed by atoms with Crippen molar-refractivity contribution in [2.75, 3.05) is 0 Å². The van der Waals surface area contributed by atoms with E-state index in [4.69, 9.17) is 5.11 Å². The minimum Gasteiger partial charge on any atom is -1.00 e. The smallest absolute Gasteiger partial charge is 1.00 e. The van der Waals surface area contributed by atoms with Crippen molar-refractivity contribution in [2.24, 2.45) is 0 Å². The van der Waals surface area contributed by atoms with Gasteiger partial charge in [0.1, 0.15) is 6.04 Å². The molecular weight excluding hydrogens is 318 g/mol. The summed E-state index contributed by atoms with van der Waals surface area (Å²) in [6, 6.07) is -0.717. The molecule has 4 nitrogen and oxygen atoms in total. The molecule has 0 saturated heterocycles. The minimum absolute atomic E-state index is 0. The average Bonchev–Trinajstić information content (AvgIpc) is 2.49. The van der Waals surface area contributed by atoms with Crippen LogP contribution in [-0.2, 0) is 9.59 Å². The van der Waals surface area contributed by atoms with Crippen molar-refractivity contribution in [3.05, 3.63) is 0 Å². The van der Waals surface area contributed by atoms with Gasteiger partial charge in [-0.05, 0) is 12.8 Å². The van der Waals surface area contributed by atoms with Gasteiger partial charge in [0.15, 0.2) is 0 Å². The molecule has 0 saturated carbocycles. The summed E-state index contributed by atoms with van der Waals surface area (Å²) in [6.07, 6.45) is 13.7. The van der Waals surface area contributed by atoms with Gasteiger partial charge in [0.25, 0.3) is 0 Å². The largest absolute Gasteiger partial charge is 2.00 e. The molecule has 0 aliphatic rings. The molecule has 0 fully saturated rings. The number of aliphatic carboxylic acids is 1. The van der Waals surface area contributed by atoms with E-state index in [2.05, 4.69) is 12.2 Å². The van der Waals surface area contributed by atoms with Crippen molar-refractivity contribution >= 4 is 49.6 Å². The zero-order valence-corrected chi connectivity index (χ0v) is 17.4. The van der Waals surface area contributed by atoms with E-state index >= 15 is 0 Å². The third-order valence-corrected chi connectivity index (χ3v) is 3.99. The number of hydrogen-bond acceptors (Lipinski definition) is 2. The number of amides is 1. The molecule has 1 amide bonds. The van der Waals surface area contributed by atoms with Gasteiger partial charge in [0.05, 0.1) is 0 Å². The molecule has 0 radical (unpaired) electrons. The summed E-state index contributed by atoms with van der Waals surface area (Å²) < 4.78 is 0. The molecule has 0 aromatic heterocycles. The van der Waals surface area contributed by atoms with Crippen LogP contribution in [0.3, 0.4) is 0 Å². The molecule has 0 aromatic carbocycles. The maximum Gasteiger partial charge on any atom is 2.00 e. The van der Waals surface area contributed by atoms with Gasteiger partial charge in [0.2, 0.25) is 5.91 Å². The Morgan fingerprint density at radius 1 is 0.870 bits per heavy atom. The van der Waals surface area contributed by atoms with Crippen molar-refractivity contribution in [1.29, 1.82) is 0 Å². The molecule has 0 bridgehead atoms. The second kappa shape index (κ2) is 18.5. The number of carboxylic acid groups (broad SMARTS) is 1. The number of nitrogens with one attached hydrogen (secondary N) is 1. The van der Waals surface area contributed by atoms with Crippen LogP contribution in [0.15, 0.2) is 0 Å². The molecule has 2 N–H and O–H groups in total. The fraction of sp³-hybridized carbons (Fsp3) is 0.889. The van der Waals surface area contributed by atoms with Crippen LogP contribution in [0.1, 0.15) is 100 Å². The second-order valence-corrected chi connectivity index (χ2v) is 6.18. The minimum atomic E-state index is -0.922. The Morgan fingerprint density at radius 2 is 1.35 bits per heavy atom. The zero-order chi connectivity index (χ0) is 16.6. The van der Waals surface area contributed by atoms with Crippen molar-refractivity contribution < 1.29 is 17.5 Å². The van der Waals surface area contributed by atoms with Crippen molar-refractivity contribution in [2.45, 2.75) is 103 Å². The normalized spacial score (nSPS) is 11.6. The summed E-state index contributed by atoms with van der Waals surface area (Å²) in [4.78, 5) is 22.8. The van der Waals surface area contributed by atoms with Crippen LogP contribution in [0, 0.1) is 0 Å². The first-order chi connectivity index (χ1) is 10.6. The van der Waals surface area contributed by atoms with Crippen molar-refractivity contribution in [1.82, 2.24) is 5.32 Å². The molecule has 0 aliphatic heterocycles. The van der Waals surface area contributed by atoms with Gasteiger partial charge >= 0.3 is 43.7 Å².